The molecule has 0 unspecified atom stereocenters. The minimum Gasteiger partial charge on any atom is -0.463 e. The predicted molar refractivity (Wildman–Crippen MR) is 94.9 cm³/mol. The number of H-pyrrole nitrogens is 1. The second kappa shape index (κ2) is 9.68. The van der Waals surface area contributed by atoms with Crippen molar-refractivity contribution in [2.24, 2.45) is 0 Å². The quantitative estimate of drug-likeness (QED) is 0.503. The van der Waals surface area contributed by atoms with E-state index in [2.05, 4.69) is 11.9 Å². The maximum atomic E-state index is 11.9. The summed E-state index contributed by atoms with van der Waals surface area (Å²) in [6.07, 6.45) is 4.93. The second-order valence-corrected chi connectivity index (χ2v) is 6.76. The van der Waals surface area contributed by atoms with Crippen molar-refractivity contribution in [1.29, 1.82) is 0 Å². The molecule has 0 bridgehead atoms. The van der Waals surface area contributed by atoms with Crippen LogP contribution >= 0.6 is 0 Å². The lowest BCUT2D eigenvalue weighted by atomic mass is 10.1. The number of aryl methyl sites for hydroxylation is 1. The van der Waals surface area contributed by atoms with Crippen molar-refractivity contribution in [3.05, 3.63) is 32.6 Å². The van der Waals surface area contributed by atoms with E-state index < -0.39 is 29.7 Å². The molecule has 0 amide bonds. The zero-order valence-electron chi connectivity index (χ0n) is 15.4. The van der Waals surface area contributed by atoms with Gasteiger partial charge in [0.25, 0.3) is 5.56 Å². The fourth-order valence-electron chi connectivity index (χ4n) is 2.96. The van der Waals surface area contributed by atoms with Gasteiger partial charge in [0, 0.05) is 24.6 Å². The van der Waals surface area contributed by atoms with Crippen LogP contribution in [0, 0.1) is 6.92 Å². The molecule has 1 aliphatic heterocycles. The fourth-order valence-corrected chi connectivity index (χ4v) is 2.96. The molecular weight excluding hydrogens is 340 g/mol. The third-order valence-electron chi connectivity index (χ3n) is 4.55. The molecule has 0 aromatic carbocycles. The van der Waals surface area contributed by atoms with E-state index in [1.807, 2.05) is 0 Å². The van der Waals surface area contributed by atoms with Crippen LogP contribution in [0.1, 0.15) is 63.7 Å². The summed E-state index contributed by atoms with van der Waals surface area (Å²) in [5, 5.41) is 10.1. The lowest BCUT2D eigenvalue weighted by molar-refractivity contribution is -0.150. The SMILES string of the molecule is CCCCCCCC(=O)OC[C@H]1O[C@@H](n2cc(C)c(=O)[nH]c2=O)C[C@@H]1O. The molecule has 0 saturated carbocycles. The van der Waals surface area contributed by atoms with Gasteiger partial charge in [-0.15, -0.1) is 0 Å². The molecule has 1 aromatic heterocycles. The second-order valence-electron chi connectivity index (χ2n) is 6.76. The smallest absolute Gasteiger partial charge is 0.330 e. The molecule has 8 heteroatoms. The standard InChI is InChI=1S/C18H28N2O6/c1-3-4-5-6-7-8-16(22)25-11-14-13(21)9-15(26-14)20-10-12(2)17(23)19-18(20)24/h10,13-15,21H,3-9,11H2,1-2H3,(H,19,23,24)/t13-,14+,15+/m0/s1. The normalized spacial score (nSPS) is 22.5. The summed E-state index contributed by atoms with van der Waals surface area (Å²) < 4.78 is 12.1. The number of rotatable bonds is 9. The van der Waals surface area contributed by atoms with E-state index in [0.717, 1.165) is 25.7 Å². The summed E-state index contributed by atoms with van der Waals surface area (Å²) in [5.41, 5.74) is -0.669. The van der Waals surface area contributed by atoms with Crippen LogP contribution < -0.4 is 11.2 Å². The summed E-state index contributed by atoms with van der Waals surface area (Å²) >= 11 is 0. The van der Waals surface area contributed by atoms with Crippen LogP contribution in [0.5, 0.6) is 0 Å². The van der Waals surface area contributed by atoms with Crippen LogP contribution in [0.3, 0.4) is 0 Å². The molecule has 8 nitrogen and oxygen atoms in total. The largest absolute Gasteiger partial charge is 0.463 e. The van der Waals surface area contributed by atoms with E-state index in [4.69, 9.17) is 9.47 Å². The zero-order chi connectivity index (χ0) is 19.1. The van der Waals surface area contributed by atoms with Crippen molar-refractivity contribution in [3.8, 4) is 0 Å². The molecule has 2 N–H and O–H groups in total. The van der Waals surface area contributed by atoms with Crippen LogP contribution in [-0.2, 0) is 14.3 Å². The number of ether oxygens (including phenoxy) is 2. The van der Waals surface area contributed by atoms with Crippen LogP contribution in [0.4, 0.5) is 0 Å². The van der Waals surface area contributed by atoms with Crippen LogP contribution in [0.25, 0.3) is 0 Å². The van der Waals surface area contributed by atoms with Gasteiger partial charge in [-0.05, 0) is 13.3 Å². The number of aliphatic hydroxyl groups is 1. The van der Waals surface area contributed by atoms with Gasteiger partial charge in [0.15, 0.2) is 0 Å². The lowest BCUT2D eigenvalue weighted by Gasteiger charge is -2.16. The van der Waals surface area contributed by atoms with Gasteiger partial charge in [-0.25, -0.2) is 4.79 Å². The third-order valence-corrected chi connectivity index (χ3v) is 4.55. The maximum absolute atomic E-state index is 11.9. The highest BCUT2D eigenvalue weighted by atomic mass is 16.6. The topological polar surface area (TPSA) is 111 Å². The van der Waals surface area contributed by atoms with Crippen molar-refractivity contribution >= 4 is 5.97 Å². The molecule has 3 atom stereocenters. The molecule has 1 fully saturated rings. The van der Waals surface area contributed by atoms with Crippen molar-refractivity contribution in [1.82, 2.24) is 9.55 Å². The molecule has 1 aliphatic rings. The van der Waals surface area contributed by atoms with Crippen molar-refractivity contribution in [2.75, 3.05) is 6.61 Å². The molecule has 1 saturated heterocycles. The van der Waals surface area contributed by atoms with E-state index >= 15 is 0 Å². The Bertz CT molecular complexity index is 710. The predicted octanol–water partition coefficient (Wildman–Crippen LogP) is 1.40. The first kappa shape index (κ1) is 20.4. The van der Waals surface area contributed by atoms with E-state index in [1.165, 1.54) is 17.2 Å². The molecule has 146 valence electrons. The minimum atomic E-state index is -0.850. The molecule has 0 radical (unpaired) electrons. The number of nitrogens with one attached hydrogen (secondary N) is 1. The summed E-state index contributed by atoms with van der Waals surface area (Å²) in [4.78, 5) is 37.3. The average Bonchev–Trinajstić information content (AvgIpc) is 2.96. The van der Waals surface area contributed by atoms with Gasteiger partial charge in [0.05, 0.1) is 6.10 Å². The highest BCUT2D eigenvalue weighted by Crippen LogP contribution is 2.27. The Balaban J connectivity index is 1.82. The van der Waals surface area contributed by atoms with Crippen molar-refractivity contribution in [3.63, 3.8) is 0 Å². The molecule has 0 aliphatic carbocycles. The molecule has 2 heterocycles. The lowest BCUT2D eigenvalue weighted by Crippen LogP contribution is -2.33. The van der Waals surface area contributed by atoms with Crippen molar-refractivity contribution < 1.29 is 19.4 Å². The summed E-state index contributed by atoms with van der Waals surface area (Å²) in [5.74, 6) is -0.308. The first-order valence-electron chi connectivity index (χ1n) is 9.23. The number of nitrogens with zero attached hydrogens (tertiary/aromatic N) is 1. The Morgan fingerprint density at radius 1 is 1.35 bits per heavy atom. The fraction of sp³-hybridized carbons (Fsp3) is 0.722. The van der Waals surface area contributed by atoms with E-state index in [-0.39, 0.29) is 19.0 Å². The minimum absolute atomic E-state index is 0.0530. The Morgan fingerprint density at radius 3 is 2.81 bits per heavy atom. The number of carbonyl (C=O) groups excluding carboxylic acids is 1. The van der Waals surface area contributed by atoms with Gasteiger partial charge in [-0.1, -0.05) is 32.6 Å². The number of esters is 1. The number of aliphatic hydroxyl groups excluding tert-OH is 1. The van der Waals surface area contributed by atoms with Gasteiger partial charge in [-0.3, -0.25) is 19.1 Å². The van der Waals surface area contributed by atoms with Gasteiger partial charge in [-0.2, -0.15) is 0 Å². The first-order valence-corrected chi connectivity index (χ1v) is 9.23. The Labute approximate surface area is 152 Å². The summed E-state index contributed by atoms with van der Waals surface area (Å²) in [7, 11) is 0. The van der Waals surface area contributed by atoms with E-state index in [9.17, 15) is 19.5 Å². The maximum Gasteiger partial charge on any atom is 0.330 e. The van der Waals surface area contributed by atoms with E-state index in [1.54, 1.807) is 6.92 Å². The molecule has 1 aromatic rings. The number of hydrogen-bond acceptors (Lipinski definition) is 6. The van der Waals surface area contributed by atoms with Gasteiger partial charge in [0.2, 0.25) is 0 Å². The monoisotopic (exact) mass is 368 g/mol. The van der Waals surface area contributed by atoms with Gasteiger partial charge < -0.3 is 14.6 Å². The summed E-state index contributed by atoms with van der Waals surface area (Å²) in [6.45, 7) is 3.67. The van der Waals surface area contributed by atoms with Crippen LogP contribution in [0.2, 0.25) is 0 Å². The number of hydrogen-bond donors (Lipinski definition) is 2. The molecule has 26 heavy (non-hydrogen) atoms. The zero-order valence-corrected chi connectivity index (χ0v) is 15.4. The number of carbonyl (C=O) groups is 1. The van der Waals surface area contributed by atoms with Crippen molar-refractivity contribution in [2.45, 2.75) is 77.2 Å². The van der Waals surface area contributed by atoms with Gasteiger partial charge >= 0.3 is 11.7 Å². The Hall–Kier alpha value is -1.93. The average molecular weight is 368 g/mol. The highest BCUT2D eigenvalue weighted by molar-refractivity contribution is 5.69. The Morgan fingerprint density at radius 2 is 2.08 bits per heavy atom. The third kappa shape index (κ3) is 5.54. The Kier molecular flexibility index (Phi) is 7.59. The van der Waals surface area contributed by atoms with Gasteiger partial charge in [0.1, 0.15) is 18.9 Å². The highest BCUT2D eigenvalue weighted by Gasteiger charge is 2.36. The van der Waals surface area contributed by atoms with Crippen LogP contribution in [-0.4, -0.2) is 39.4 Å². The molecular formula is C18H28N2O6. The van der Waals surface area contributed by atoms with Crippen LogP contribution in [0.15, 0.2) is 15.8 Å². The number of aromatic amines is 1. The number of aromatic nitrogens is 2. The summed E-state index contributed by atoms with van der Waals surface area (Å²) in [6, 6.07) is 0. The first-order chi connectivity index (χ1) is 12.4. The molecule has 0 spiro atoms. The number of unbranched alkanes of at least 4 members (excludes halogenated alkanes) is 4. The van der Waals surface area contributed by atoms with E-state index in [0.29, 0.717) is 12.0 Å². The molecule has 2 rings (SSSR count).